The van der Waals surface area contributed by atoms with E-state index in [0.29, 0.717) is 0 Å². The minimum Gasteiger partial charge on any atom is -1.00 e. The van der Waals surface area contributed by atoms with Crippen molar-refractivity contribution in [3.63, 3.8) is 0 Å². The van der Waals surface area contributed by atoms with Crippen LogP contribution in [0.1, 0.15) is 4.28 Å². The number of hydrogen-bond acceptors (Lipinski definition) is 3. The Morgan fingerprint density at radius 2 is 2.22 bits per heavy atom. The van der Waals surface area contributed by atoms with Crippen molar-refractivity contribution in [2.75, 3.05) is 0 Å². The Morgan fingerprint density at radius 1 is 1.89 bits per heavy atom. The van der Waals surface area contributed by atoms with Gasteiger partial charge in [-0.05, 0) is 0 Å². The number of hydrogen-bond donors (Lipinski definition) is 4. The largest absolute Gasteiger partial charge is 1.00 e. The molecule has 0 saturated heterocycles. The fourth-order valence-corrected chi connectivity index (χ4v) is 0.384. The van der Waals surface area contributed by atoms with E-state index in [1.54, 1.807) is 0 Å². The minimum absolute atomic E-state index is 0. The van der Waals surface area contributed by atoms with Gasteiger partial charge in [0.25, 0.3) is 6.02 Å². The van der Waals surface area contributed by atoms with Crippen molar-refractivity contribution in [1.82, 2.24) is 0 Å². The number of nitrogens with one attached hydrogen (secondary N) is 1. The first-order valence-electron chi connectivity index (χ1n) is 1.51. The monoisotopic (exact) mass is 166 g/mol. The minimum atomic E-state index is -4.57. The van der Waals surface area contributed by atoms with Crippen LogP contribution >= 0.6 is 7.82 Å². The molecule has 9 heavy (non-hydrogen) atoms. The van der Waals surface area contributed by atoms with Gasteiger partial charge in [-0.1, -0.05) is 0 Å². The van der Waals surface area contributed by atoms with Gasteiger partial charge < -0.3 is 11.7 Å². The third-order valence-corrected chi connectivity index (χ3v) is 0.652. The molecule has 0 amide bonds. The summed E-state index contributed by atoms with van der Waals surface area (Å²) in [5.74, 6) is 0. The first kappa shape index (κ1) is 12.1. The molecule has 0 saturated carbocycles. The van der Waals surface area contributed by atoms with Crippen molar-refractivity contribution in [3.05, 3.63) is 0 Å². The van der Waals surface area contributed by atoms with Gasteiger partial charge >= 0.3 is 40.2 Å². The Bertz CT molecular complexity index is 151. The van der Waals surface area contributed by atoms with E-state index < -0.39 is 13.8 Å². The maximum absolute atomic E-state index is 9.69. The Balaban J connectivity index is -0.0000000408. The van der Waals surface area contributed by atoms with Crippen molar-refractivity contribution in [2.24, 2.45) is 5.73 Å². The van der Waals surface area contributed by atoms with Crippen molar-refractivity contribution in [2.45, 2.75) is 0 Å². The van der Waals surface area contributed by atoms with Crippen molar-refractivity contribution in [1.29, 1.82) is 5.41 Å². The fourth-order valence-electron chi connectivity index (χ4n) is 0.128. The summed E-state index contributed by atoms with van der Waals surface area (Å²) in [4.78, 5) is 15.7. The second kappa shape index (κ2) is 4.27. The maximum atomic E-state index is 9.69. The number of phosphoric acid groups is 1. The summed E-state index contributed by atoms with van der Waals surface area (Å²) >= 11 is 0. The van der Waals surface area contributed by atoms with Gasteiger partial charge in [0.05, 0.1) is 0 Å². The zero-order chi connectivity index (χ0) is 6.78. The summed E-state index contributed by atoms with van der Waals surface area (Å²) in [6.07, 6.45) is 0. The summed E-state index contributed by atoms with van der Waals surface area (Å²) in [5.41, 5.74) is 4.45. The normalized spacial score (nSPS) is 9.56. The molecule has 0 radical (unpaired) electrons. The average molecular weight is 166 g/mol. The van der Waals surface area contributed by atoms with Crippen LogP contribution in [-0.4, -0.2) is 15.8 Å². The van der Waals surface area contributed by atoms with Crippen molar-refractivity contribution < 1.29 is 52.7 Å². The summed E-state index contributed by atoms with van der Waals surface area (Å²) in [5, 5.41) is 6.21. The van der Waals surface area contributed by atoms with E-state index in [0.717, 1.165) is 0 Å². The van der Waals surface area contributed by atoms with Gasteiger partial charge in [-0.25, -0.2) is 4.57 Å². The predicted octanol–water partition coefficient (Wildman–Crippen LogP) is -3.67. The summed E-state index contributed by atoms with van der Waals surface area (Å²) < 4.78 is 13.2. The molecule has 6 nitrogen and oxygen atoms in total. The number of phosphoric ester groups is 1. The zero-order valence-electron chi connectivity index (χ0n) is 7.74. The molecule has 0 aromatic heterocycles. The van der Waals surface area contributed by atoms with E-state index >= 15 is 0 Å². The van der Waals surface area contributed by atoms with Crippen molar-refractivity contribution in [3.8, 4) is 0 Å². The molecule has 0 atom stereocenters. The molecule has 0 bridgehead atoms. The standard InChI is InChI=1S/CH5N2O4P.Na.H/c2-1(3)7-8(4,5)6;;/h(H3,2,3)(H2,4,5,6);;/q;+1;-1/p+2. The molecule has 0 aliphatic rings. The van der Waals surface area contributed by atoms with Crippen LogP contribution in [0, 0.1) is 5.41 Å². The molecule has 8 heteroatoms. The van der Waals surface area contributed by atoms with E-state index in [1.165, 1.54) is 0 Å². The smallest absolute Gasteiger partial charge is 1.00 e. The van der Waals surface area contributed by atoms with Gasteiger partial charge in [0.2, 0.25) is 0 Å². The summed E-state index contributed by atoms with van der Waals surface area (Å²) in [7, 11) is -4.57. The third kappa shape index (κ3) is 11.8. The second-order valence-electron chi connectivity index (χ2n) is 0.946. The van der Waals surface area contributed by atoms with E-state index in [2.05, 4.69) is 10.3 Å². The van der Waals surface area contributed by atoms with Gasteiger partial charge in [-0.15, -0.1) is 0 Å². The molecule has 0 rings (SSSR count). The molecule has 50 valence electrons. The molecule has 0 aromatic rings. The molecule has 0 aliphatic carbocycles. The van der Waals surface area contributed by atoms with Gasteiger partial charge in [0, 0.05) is 0 Å². The zero-order valence-corrected chi connectivity index (χ0v) is 7.63. The van der Waals surface area contributed by atoms with Gasteiger partial charge in [-0.2, -0.15) is 0 Å². The van der Waals surface area contributed by atoms with Gasteiger partial charge in [-0.3, -0.25) is 15.2 Å². The van der Waals surface area contributed by atoms with Crippen LogP contribution in [0.4, 0.5) is 0 Å². The van der Waals surface area contributed by atoms with E-state index in [4.69, 9.17) is 15.2 Å². The van der Waals surface area contributed by atoms with Crippen LogP contribution in [0.2, 0.25) is 0 Å². The number of amidine groups is 1. The number of rotatable bonds is 1. The van der Waals surface area contributed by atoms with Crippen LogP contribution < -0.4 is 35.3 Å². The summed E-state index contributed by atoms with van der Waals surface area (Å²) in [6, 6.07) is -0.988. The third-order valence-electron chi connectivity index (χ3n) is 0.217. The Labute approximate surface area is 77.9 Å². The quantitative estimate of drug-likeness (QED) is 0.138. The predicted molar refractivity (Wildman–Crippen MR) is 28.4 cm³/mol. The van der Waals surface area contributed by atoms with E-state index in [1.807, 2.05) is 0 Å². The summed E-state index contributed by atoms with van der Waals surface area (Å²) in [6.45, 7) is 0. The van der Waals surface area contributed by atoms with Crippen LogP contribution in [0.5, 0.6) is 0 Å². The average Bonchev–Trinajstić information content (AvgIpc) is 1.21. The molecule has 0 aromatic carbocycles. The molecule has 0 fully saturated rings. The van der Waals surface area contributed by atoms with Crippen LogP contribution in [-0.2, 0) is 9.09 Å². The van der Waals surface area contributed by atoms with Crippen LogP contribution in [0.3, 0.4) is 0 Å². The van der Waals surface area contributed by atoms with Crippen LogP contribution in [0.25, 0.3) is 0 Å². The first-order valence-corrected chi connectivity index (χ1v) is 3.04. The Morgan fingerprint density at radius 3 is 2.22 bits per heavy atom. The molecular formula is CH8N2NaO4P+2. The molecule has 0 unspecified atom stereocenters. The van der Waals surface area contributed by atoms with Gasteiger partial charge in [0.15, 0.2) is 0 Å². The van der Waals surface area contributed by atoms with E-state index in [9.17, 15) is 4.57 Å². The fraction of sp³-hybridized carbons (Fsp3) is 0. The number of nitrogens with two attached hydrogens (primary N) is 1. The van der Waals surface area contributed by atoms with Gasteiger partial charge in [0.1, 0.15) is 0 Å². The Kier molecular flexibility index (Phi) is 5.75. The SMILES string of the molecule is N=C(N)OP(=O)(O)O.[H+].[H+].[H-].[Na+]. The molecular weight excluding hydrogens is 158 g/mol. The molecule has 0 spiro atoms. The molecule has 5 N–H and O–H groups in total. The molecule has 0 aliphatic heterocycles. The Hall–Kier alpha value is 0.420. The second-order valence-corrected chi connectivity index (χ2v) is 2.11. The maximum Gasteiger partial charge on any atom is 1.00 e. The molecule has 0 heterocycles. The van der Waals surface area contributed by atoms with Crippen molar-refractivity contribution >= 4 is 13.8 Å². The first-order chi connectivity index (χ1) is 3.42. The van der Waals surface area contributed by atoms with E-state index in [-0.39, 0.29) is 33.8 Å². The topological polar surface area (TPSA) is 117 Å². The van der Waals surface area contributed by atoms with Crippen LogP contribution in [0.15, 0.2) is 0 Å².